The van der Waals surface area contributed by atoms with E-state index in [1.807, 2.05) is 51.1 Å². The molecule has 29 heavy (non-hydrogen) atoms. The molecule has 1 aromatic heterocycles. The Kier molecular flexibility index (Phi) is 6.97. The fourth-order valence-corrected chi connectivity index (χ4v) is 6.45. The van der Waals surface area contributed by atoms with Gasteiger partial charge in [0.1, 0.15) is 9.96 Å². The molecule has 1 fully saturated rings. The quantitative estimate of drug-likeness (QED) is 0.718. The van der Waals surface area contributed by atoms with E-state index in [2.05, 4.69) is 5.32 Å². The van der Waals surface area contributed by atoms with Crippen molar-refractivity contribution in [3.05, 3.63) is 46.8 Å². The number of nitrogens with one attached hydrogen (secondary N) is 1. The number of ether oxygens (including phenoxy) is 1. The minimum Gasteiger partial charge on any atom is -0.494 e. The van der Waals surface area contributed by atoms with Gasteiger partial charge in [0.25, 0.3) is 10.0 Å². The number of rotatable bonds is 7. The predicted molar refractivity (Wildman–Crippen MR) is 115 cm³/mol. The molecule has 0 bridgehead atoms. The van der Waals surface area contributed by atoms with Crippen LogP contribution in [0.3, 0.4) is 0 Å². The summed E-state index contributed by atoms with van der Waals surface area (Å²) in [5, 5.41) is 3.03. The SMILES string of the molecule is CCOc1ccc([C@H](C)NC(=O)[C@H]2CCCN(S(=O)(=O)c3ccc(C)s3)C2)cc1. The molecule has 3 rings (SSSR count). The molecule has 2 aromatic rings. The van der Waals surface area contributed by atoms with E-state index in [0.717, 1.165) is 16.2 Å². The molecule has 0 spiro atoms. The van der Waals surface area contributed by atoms with Gasteiger partial charge in [-0.3, -0.25) is 4.79 Å². The van der Waals surface area contributed by atoms with Crippen LogP contribution in [0.25, 0.3) is 0 Å². The third kappa shape index (κ3) is 5.18. The second kappa shape index (κ2) is 9.28. The van der Waals surface area contributed by atoms with Crippen LogP contribution >= 0.6 is 11.3 Å². The zero-order valence-electron chi connectivity index (χ0n) is 17.1. The van der Waals surface area contributed by atoms with Gasteiger partial charge < -0.3 is 10.1 Å². The van der Waals surface area contributed by atoms with E-state index in [-0.39, 0.29) is 24.4 Å². The average Bonchev–Trinajstić information content (AvgIpc) is 3.16. The molecule has 158 valence electrons. The number of piperidine rings is 1. The van der Waals surface area contributed by atoms with Crippen molar-refractivity contribution >= 4 is 27.3 Å². The maximum absolute atomic E-state index is 12.9. The third-order valence-corrected chi connectivity index (χ3v) is 8.45. The van der Waals surface area contributed by atoms with Crippen LogP contribution in [0, 0.1) is 12.8 Å². The summed E-state index contributed by atoms with van der Waals surface area (Å²) >= 11 is 1.27. The zero-order chi connectivity index (χ0) is 21.0. The van der Waals surface area contributed by atoms with Crippen LogP contribution in [0.1, 0.15) is 43.2 Å². The van der Waals surface area contributed by atoms with E-state index in [9.17, 15) is 13.2 Å². The van der Waals surface area contributed by atoms with Gasteiger partial charge >= 0.3 is 0 Å². The number of hydrogen-bond acceptors (Lipinski definition) is 5. The standard InChI is InChI=1S/C21H28N2O4S2/c1-4-27-19-10-8-17(9-11-19)16(3)22-21(24)18-6-5-13-23(14-18)29(25,26)20-12-7-15(2)28-20/h7-12,16,18H,4-6,13-14H2,1-3H3,(H,22,24)/t16-,18-/m0/s1. The molecule has 2 atom stereocenters. The monoisotopic (exact) mass is 436 g/mol. The predicted octanol–water partition coefficient (Wildman–Crippen LogP) is 3.73. The highest BCUT2D eigenvalue weighted by Gasteiger charge is 2.34. The van der Waals surface area contributed by atoms with Crippen LogP contribution in [0.5, 0.6) is 5.75 Å². The Hall–Kier alpha value is -1.90. The van der Waals surface area contributed by atoms with Gasteiger partial charge in [-0.15, -0.1) is 11.3 Å². The number of carbonyl (C=O) groups excluding carboxylic acids is 1. The molecular formula is C21H28N2O4S2. The molecule has 0 aliphatic carbocycles. The fraction of sp³-hybridized carbons (Fsp3) is 0.476. The van der Waals surface area contributed by atoms with Crippen molar-refractivity contribution in [3.8, 4) is 5.75 Å². The Labute approximate surface area is 176 Å². The van der Waals surface area contributed by atoms with E-state index < -0.39 is 10.0 Å². The Morgan fingerprint density at radius 2 is 2.00 bits per heavy atom. The lowest BCUT2D eigenvalue weighted by Crippen LogP contribution is -2.45. The van der Waals surface area contributed by atoms with E-state index in [4.69, 9.17) is 4.74 Å². The van der Waals surface area contributed by atoms with Gasteiger partial charge in [0.05, 0.1) is 18.6 Å². The van der Waals surface area contributed by atoms with Crippen molar-refractivity contribution < 1.29 is 17.9 Å². The highest BCUT2D eigenvalue weighted by atomic mass is 32.2. The van der Waals surface area contributed by atoms with Crippen LogP contribution in [0.2, 0.25) is 0 Å². The van der Waals surface area contributed by atoms with E-state index >= 15 is 0 Å². The number of thiophene rings is 1. The molecule has 0 radical (unpaired) electrons. The minimum absolute atomic E-state index is 0.103. The Morgan fingerprint density at radius 1 is 1.28 bits per heavy atom. The van der Waals surface area contributed by atoms with Gasteiger partial charge in [0.15, 0.2) is 0 Å². The molecule has 6 nitrogen and oxygen atoms in total. The Bertz CT molecular complexity index is 938. The smallest absolute Gasteiger partial charge is 0.252 e. The Balaban J connectivity index is 1.63. The number of nitrogens with zero attached hydrogens (tertiary/aromatic N) is 1. The van der Waals surface area contributed by atoms with Gasteiger partial charge in [-0.25, -0.2) is 8.42 Å². The summed E-state index contributed by atoms with van der Waals surface area (Å²) in [5.41, 5.74) is 0.983. The lowest BCUT2D eigenvalue weighted by Gasteiger charge is -2.31. The molecule has 1 aliphatic rings. The highest BCUT2D eigenvalue weighted by Crippen LogP contribution is 2.28. The summed E-state index contributed by atoms with van der Waals surface area (Å²) in [6.45, 7) is 7.04. The molecule has 1 N–H and O–H groups in total. The molecule has 0 unspecified atom stereocenters. The first-order valence-corrected chi connectivity index (χ1v) is 12.2. The summed E-state index contributed by atoms with van der Waals surface area (Å²) in [7, 11) is -3.54. The fourth-order valence-electron chi connectivity index (χ4n) is 3.49. The molecule has 1 amide bonds. The number of hydrogen-bond donors (Lipinski definition) is 1. The van der Waals surface area contributed by atoms with Crippen LogP contribution in [0.4, 0.5) is 0 Å². The molecular weight excluding hydrogens is 408 g/mol. The van der Waals surface area contributed by atoms with Gasteiger partial charge in [-0.2, -0.15) is 4.31 Å². The normalized spacial score (nSPS) is 18.9. The number of amides is 1. The van der Waals surface area contributed by atoms with Crippen LogP contribution in [-0.4, -0.2) is 38.3 Å². The van der Waals surface area contributed by atoms with E-state index in [1.165, 1.54) is 15.6 Å². The Morgan fingerprint density at radius 3 is 2.62 bits per heavy atom. The van der Waals surface area contributed by atoms with Crippen molar-refractivity contribution in [1.29, 1.82) is 0 Å². The molecule has 1 aliphatic heterocycles. The maximum Gasteiger partial charge on any atom is 0.252 e. The van der Waals surface area contributed by atoms with E-state index in [1.54, 1.807) is 6.07 Å². The number of sulfonamides is 1. The zero-order valence-corrected chi connectivity index (χ0v) is 18.7. The van der Waals surface area contributed by atoms with Crippen LogP contribution < -0.4 is 10.1 Å². The number of aryl methyl sites for hydroxylation is 1. The molecule has 2 heterocycles. The van der Waals surface area contributed by atoms with Crippen LogP contribution in [-0.2, 0) is 14.8 Å². The van der Waals surface area contributed by atoms with Gasteiger partial charge in [0, 0.05) is 18.0 Å². The van der Waals surface area contributed by atoms with Crippen molar-refractivity contribution in [2.24, 2.45) is 5.92 Å². The summed E-state index contributed by atoms with van der Waals surface area (Å²) in [5.74, 6) is 0.352. The first-order valence-electron chi connectivity index (χ1n) is 9.91. The van der Waals surface area contributed by atoms with Crippen molar-refractivity contribution in [2.45, 2.75) is 43.9 Å². The number of benzene rings is 1. The maximum atomic E-state index is 12.9. The largest absolute Gasteiger partial charge is 0.494 e. The van der Waals surface area contributed by atoms with Gasteiger partial charge in [0.2, 0.25) is 5.91 Å². The van der Waals surface area contributed by atoms with E-state index in [0.29, 0.717) is 30.2 Å². The van der Waals surface area contributed by atoms with Gasteiger partial charge in [-0.1, -0.05) is 12.1 Å². The summed E-state index contributed by atoms with van der Waals surface area (Å²) in [6, 6.07) is 10.9. The highest BCUT2D eigenvalue weighted by molar-refractivity contribution is 7.91. The second-order valence-corrected chi connectivity index (χ2v) is 10.8. The first kappa shape index (κ1) is 21.8. The summed E-state index contributed by atoms with van der Waals surface area (Å²) in [4.78, 5) is 13.8. The number of carbonyl (C=O) groups is 1. The molecule has 1 saturated heterocycles. The average molecular weight is 437 g/mol. The lowest BCUT2D eigenvalue weighted by molar-refractivity contribution is -0.126. The first-order chi connectivity index (χ1) is 13.8. The minimum atomic E-state index is -3.54. The molecule has 0 saturated carbocycles. The van der Waals surface area contributed by atoms with Crippen LogP contribution in [0.15, 0.2) is 40.6 Å². The van der Waals surface area contributed by atoms with Crippen molar-refractivity contribution in [2.75, 3.05) is 19.7 Å². The topological polar surface area (TPSA) is 75.7 Å². The summed E-state index contributed by atoms with van der Waals surface area (Å²) in [6.07, 6.45) is 1.37. The van der Waals surface area contributed by atoms with Gasteiger partial charge in [-0.05, 0) is 63.4 Å². The third-order valence-electron chi connectivity index (χ3n) is 5.11. The van der Waals surface area contributed by atoms with Crippen molar-refractivity contribution in [3.63, 3.8) is 0 Å². The summed E-state index contributed by atoms with van der Waals surface area (Å²) < 4.78 is 33.0. The molecule has 8 heteroatoms. The lowest BCUT2D eigenvalue weighted by atomic mass is 9.98. The molecule has 1 aromatic carbocycles. The van der Waals surface area contributed by atoms with Crippen molar-refractivity contribution in [1.82, 2.24) is 9.62 Å². The second-order valence-electron chi connectivity index (χ2n) is 7.30.